The van der Waals surface area contributed by atoms with Crippen molar-refractivity contribution in [2.75, 3.05) is 46.0 Å². The molecule has 0 bridgehead atoms. The lowest BCUT2D eigenvalue weighted by Gasteiger charge is -2.27. The topological polar surface area (TPSA) is 138 Å². The molecule has 3 N–H and O–H groups in total. The van der Waals surface area contributed by atoms with Gasteiger partial charge in [-0.25, -0.2) is 9.59 Å². The van der Waals surface area contributed by atoms with Crippen molar-refractivity contribution in [3.8, 4) is 0 Å². The number of aliphatic carboxylic acids is 2. The number of carboxylic acids is 2. The van der Waals surface area contributed by atoms with Crippen molar-refractivity contribution >= 4 is 17.8 Å². The predicted octanol–water partition coefficient (Wildman–Crippen LogP) is 2.45. The van der Waals surface area contributed by atoms with Crippen LogP contribution in [-0.4, -0.2) is 102 Å². The first-order valence-corrected chi connectivity index (χ1v) is 11.9. The molecule has 3 atom stereocenters. The Balaban J connectivity index is 0.000000317. The fraction of sp³-hybridized carbons (Fsp3) is 0.652. The number of carbonyl (C=O) groups excluding carboxylic acids is 1. The van der Waals surface area contributed by atoms with E-state index in [2.05, 4.69) is 15.2 Å². The summed E-state index contributed by atoms with van der Waals surface area (Å²) in [5.74, 6) is -3.86. The molecule has 0 spiro atoms. The maximum absolute atomic E-state index is 12.2. The number of likely N-dealkylation sites (tertiary alicyclic amines) is 1. The van der Waals surface area contributed by atoms with E-state index >= 15 is 0 Å². The Bertz CT molecular complexity index is 918. The van der Waals surface area contributed by atoms with Gasteiger partial charge < -0.3 is 29.9 Å². The van der Waals surface area contributed by atoms with Gasteiger partial charge in [-0.1, -0.05) is 0 Å². The number of nitrogens with zero attached hydrogens (tertiary/aromatic N) is 2. The van der Waals surface area contributed by atoms with Crippen LogP contribution in [0, 0.1) is 17.8 Å². The van der Waals surface area contributed by atoms with Crippen molar-refractivity contribution in [3.05, 3.63) is 30.1 Å². The lowest BCUT2D eigenvalue weighted by Crippen LogP contribution is -2.35. The van der Waals surface area contributed by atoms with Gasteiger partial charge in [-0.05, 0) is 30.9 Å². The fourth-order valence-electron chi connectivity index (χ4n) is 4.36. The smallest absolute Gasteiger partial charge is 0.475 e. The SMILES string of the molecule is O=C(NC[C@@H]1CO[C@@H]2CN(CC3CCOCC3)C[C@H]12)c1cccnc1.O=C(O)C(F)(F)F.O=C(O)C(F)(F)F. The molecular weight excluding hydrogens is 544 g/mol. The van der Waals surface area contributed by atoms with Crippen LogP contribution in [-0.2, 0) is 19.1 Å². The lowest BCUT2D eigenvalue weighted by molar-refractivity contribution is -0.193. The first-order valence-electron chi connectivity index (χ1n) is 11.9. The van der Waals surface area contributed by atoms with Crippen LogP contribution < -0.4 is 5.32 Å². The molecule has 0 unspecified atom stereocenters. The Hall–Kier alpha value is -2.98. The molecule has 1 amide bonds. The molecule has 0 radical (unpaired) electrons. The molecule has 220 valence electrons. The average Bonchev–Trinajstić information content (AvgIpc) is 3.43. The zero-order chi connectivity index (χ0) is 29.2. The highest BCUT2D eigenvalue weighted by Crippen LogP contribution is 2.34. The van der Waals surface area contributed by atoms with Gasteiger partial charge in [0, 0.05) is 63.6 Å². The van der Waals surface area contributed by atoms with Gasteiger partial charge >= 0.3 is 24.3 Å². The summed E-state index contributed by atoms with van der Waals surface area (Å²) in [7, 11) is 0. The van der Waals surface area contributed by atoms with E-state index in [0.717, 1.165) is 45.4 Å². The number of aromatic nitrogens is 1. The lowest BCUT2D eigenvalue weighted by atomic mass is 9.93. The summed E-state index contributed by atoms with van der Waals surface area (Å²) in [4.78, 5) is 36.6. The molecule has 0 aliphatic carbocycles. The molecule has 4 heterocycles. The van der Waals surface area contributed by atoms with E-state index in [9.17, 15) is 31.1 Å². The van der Waals surface area contributed by atoms with E-state index in [1.807, 2.05) is 0 Å². The van der Waals surface area contributed by atoms with Crippen molar-refractivity contribution < 1.29 is 60.4 Å². The van der Waals surface area contributed by atoms with Crippen LogP contribution >= 0.6 is 0 Å². The molecule has 0 aromatic carbocycles. The van der Waals surface area contributed by atoms with Crippen LogP contribution in [0.4, 0.5) is 26.3 Å². The van der Waals surface area contributed by atoms with Crippen molar-refractivity contribution in [1.29, 1.82) is 0 Å². The minimum absolute atomic E-state index is 0.0476. The number of rotatable bonds is 5. The predicted molar refractivity (Wildman–Crippen MR) is 121 cm³/mol. The third-order valence-corrected chi connectivity index (χ3v) is 6.31. The number of ether oxygens (including phenoxy) is 2. The van der Waals surface area contributed by atoms with Crippen LogP contribution in [0.2, 0.25) is 0 Å². The molecule has 0 saturated carbocycles. The number of carboxylic acid groups (broad SMARTS) is 2. The number of nitrogens with one attached hydrogen (secondary N) is 1. The van der Waals surface area contributed by atoms with E-state index in [1.165, 1.54) is 12.8 Å². The van der Waals surface area contributed by atoms with Gasteiger partial charge in [0.1, 0.15) is 0 Å². The molecule has 10 nitrogen and oxygen atoms in total. The quantitative estimate of drug-likeness (QED) is 0.454. The highest BCUT2D eigenvalue weighted by molar-refractivity contribution is 5.93. The molecule has 3 fully saturated rings. The first kappa shape index (κ1) is 32.2. The van der Waals surface area contributed by atoms with E-state index < -0.39 is 24.3 Å². The largest absolute Gasteiger partial charge is 0.490 e. The van der Waals surface area contributed by atoms with Gasteiger partial charge in [0.05, 0.1) is 18.3 Å². The van der Waals surface area contributed by atoms with Gasteiger partial charge in [-0.3, -0.25) is 9.78 Å². The third kappa shape index (κ3) is 11.0. The first-order chi connectivity index (χ1) is 18.2. The molecule has 1 aromatic rings. The number of fused-ring (bicyclic) bond motifs is 1. The zero-order valence-corrected chi connectivity index (χ0v) is 20.6. The zero-order valence-electron chi connectivity index (χ0n) is 20.6. The Morgan fingerprint density at radius 1 is 1.03 bits per heavy atom. The summed E-state index contributed by atoms with van der Waals surface area (Å²) < 4.78 is 74.9. The fourth-order valence-corrected chi connectivity index (χ4v) is 4.36. The summed E-state index contributed by atoms with van der Waals surface area (Å²) >= 11 is 0. The number of pyridine rings is 1. The number of alkyl halides is 6. The average molecular weight is 573 g/mol. The van der Waals surface area contributed by atoms with Gasteiger partial charge in [0.2, 0.25) is 0 Å². The number of carbonyl (C=O) groups is 3. The molecule has 4 rings (SSSR count). The Labute approximate surface area is 219 Å². The Kier molecular flexibility index (Phi) is 11.9. The van der Waals surface area contributed by atoms with E-state index in [4.69, 9.17) is 29.3 Å². The maximum Gasteiger partial charge on any atom is 0.490 e. The number of amides is 1. The minimum atomic E-state index is -5.08. The normalized spacial score (nSPS) is 23.5. The Morgan fingerprint density at radius 2 is 1.62 bits per heavy atom. The van der Waals surface area contributed by atoms with Crippen LogP contribution in [0.3, 0.4) is 0 Å². The second-order valence-electron chi connectivity index (χ2n) is 9.13. The van der Waals surface area contributed by atoms with Gasteiger partial charge in [-0.15, -0.1) is 0 Å². The minimum Gasteiger partial charge on any atom is -0.475 e. The number of halogens is 6. The molecule has 3 saturated heterocycles. The monoisotopic (exact) mass is 573 g/mol. The van der Waals surface area contributed by atoms with Crippen molar-refractivity contribution in [2.45, 2.75) is 31.3 Å². The molecule has 3 aliphatic rings. The van der Waals surface area contributed by atoms with Gasteiger partial charge in [-0.2, -0.15) is 26.3 Å². The standard InChI is InChI=1S/C19H27N3O3.2C2HF3O2/c23-19(15-2-1-5-20-8-15)21-9-16-13-25-18-12-22(11-17(16)18)10-14-3-6-24-7-4-14;2*3-2(4,5)1(6)7/h1-2,5,8,14,16-18H,3-4,6-7,9-13H2,(H,21,23);2*(H,6,7)/t16-,17-,18-;;/m1../s1. The molecule has 1 aromatic heterocycles. The summed E-state index contributed by atoms with van der Waals surface area (Å²) in [5, 5.41) is 17.3. The summed E-state index contributed by atoms with van der Waals surface area (Å²) in [5.41, 5.74) is 0.616. The summed E-state index contributed by atoms with van der Waals surface area (Å²) in [6.45, 7) is 6.54. The summed E-state index contributed by atoms with van der Waals surface area (Å²) in [6, 6.07) is 3.58. The molecule has 39 heavy (non-hydrogen) atoms. The van der Waals surface area contributed by atoms with Crippen molar-refractivity contribution in [2.24, 2.45) is 17.8 Å². The van der Waals surface area contributed by atoms with E-state index in [1.54, 1.807) is 24.5 Å². The second kappa shape index (κ2) is 14.4. The Morgan fingerprint density at radius 3 is 2.13 bits per heavy atom. The van der Waals surface area contributed by atoms with Crippen molar-refractivity contribution in [1.82, 2.24) is 15.2 Å². The van der Waals surface area contributed by atoms with Crippen LogP contribution in [0.15, 0.2) is 24.5 Å². The van der Waals surface area contributed by atoms with Crippen molar-refractivity contribution in [3.63, 3.8) is 0 Å². The summed E-state index contributed by atoms with van der Waals surface area (Å²) in [6.07, 6.45) is -4.19. The highest BCUT2D eigenvalue weighted by atomic mass is 19.4. The van der Waals surface area contributed by atoms with E-state index in [0.29, 0.717) is 30.0 Å². The maximum atomic E-state index is 12.2. The van der Waals surface area contributed by atoms with Gasteiger partial charge in [0.25, 0.3) is 5.91 Å². The van der Waals surface area contributed by atoms with Crippen LogP contribution in [0.25, 0.3) is 0 Å². The van der Waals surface area contributed by atoms with Gasteiger partial charge in [0.15, 0.2) is 0 Å². The van der Waals surface area contributed by atoms with E-state index in [-0.39, 0.29) is 5.91 Å². The highest BCUT2D eigenvalue weighted by Gasteiger charge is 2.44. The molecular formula is C23H29F6N3O7. The van der Waals surface area contributed by atoms with Crippen LogP contribution in [0.5, 0.6) is 0 Å². The second-order valence-corrected chi connectivity index (χ2v) is 9.13. The molecule has 16 heteroatoms. The number of hydrogen-bond donors (Lipinski definition) is 3. The molecule has 3 aliphatic heterocycles. The number of hydrogen-bond acceptors (Lipinski definition) is 7. The van der Waals surface area contributed by atoms with Crippen LogP contribution in [0.1, 0.15) is 23.2 Å². The third-order valence-electron chi connectivity index (χ3n) is 6.31.